The Labute approximate surface area is 299 Å². The molecule has 2 aliphatic heterocycles. The van der Waals surface area contributed by atoms with Gasteiger partial charge in [-0.25, -0.2) is 4.39 Å². The van der Waals surface area contributed by atoms with Crippen molar-refractivity contribution in [2.45, 2.75) is 85.7 Å². The van der Waals surface area contributed by atoms with Gasteiger partial charge in [-0.15, -0.1) is 0 Å². The molecule has 1 atom stereocenters. The summed E-state index contributed by atoms with van der Waals surface area (Å²) >= 11 is 6.14. The number of hydrogen-bond acceptors (Lipinski definition) is 5. The molecule has 1 aromatic heterocycles. The van der Waals surface area contributed by atoms with Crippen LogP contribution in [0, 0.1) is 44.3 Å². The zero-order valence-electron chi connectivity index (χ0n) is 29.7. The van der Waals surface area contributed by atoms with Crippen LogP contribution in [0.4, 0.5) is 4.39 Å². The standard InChI is InChI=1S/C24H29ClFNO3.C15H21N3O2/c1-13(2)6-7-21(28)27-20(12-22(29)30)19-11-17(8-16(5)24(19)26)23-14(3)9-18(25)10-15(23)4;16-14(19)13-3-1-5-18(15(13)20)6-2-4-17-9-11-7-12(8-11)10-17/h8-11,13,20H,6-7,12H2,1-5H3,(H,27,28)(H,29,30);1,3,5,11-12H,2,4,6-10H2,(H2,16,19). The van der Waals surface area contributed by atoms with Gasteiger partial charge in [0, 0.05) is 42.8 Å². The predicted molar refractivity (Wildman–Crippen MR) is 195 cm³/mol. The third-order valence-electron chi connectivity index (χ3n) is 9.63. The lowest BCUT2D eigenvalue weighted by atomic mass is 9.71. The van der Waals surface area contributed by atoms with E-state index in [1.807, 2.05) is 39.8 Å². The van der Waals surface area contributed by atoms with Crippen LogP contribution in [-0.4, -0.2) is 52.0 Å². The van der Waals surface area contributed by atoms with Gasteiger partial charge >= 0.3 is 5.97 Å². The molecular weight excluding hydrogens is 659 g/mol. The average Bonchev–Trinajstić information content (AvgIpc) is 3.01. The van der Waals surface area contributed by atoms with Crippen LogP contribution in [0.2, 0.25) is 5.02 Å². The molecule has 4 N–H and O–H groups in total. The van der Waals surface area contributed by atoms with Crippen LogP contribution >= 0.6 is 11.6 Å². The molecule has 50 heavy (non-hydrogen) atoms. The lowest BCUT2D eigenvalue weighted by molar-refractivity contribution is -0.137. The van der Waals surface area contributed by atoms with Crippen molar-refractivity contribution in [3.8, 4) is 11.1 Å². The van der Waals surface area contributed by atoms with E-state index in [-0.39, 0.29) is 29.0 Å². The number of carbonyl (C=O) groups excluding carboxylic acids is 2. The fraction of sp³-hybridized carbons (Fsp3) is 0.487. The van der Waals surface area contributed by atoms with E-state index in [1.54, 1.807) is 35.9 Å². The topological polar surface area (TPSA) is 135 Å². The second kappa shape index (κ2) is 17.3. The molecule has 270 valence electrons. The van der Waals surface area contributed by atoms with Crippen molar-refractivity contribution in [2.24, 2.45) is 23.5 Å². The molecule has 6 rings (SSSR count). The minimum atomic E-state index is -1.11. The molecule has 1 unspecified atom stereocenters. The summed E-state index contributed by atoms with van der Waals surface area (Å²) in [6.45, 7) is 13.6. The van der Waals surface area contributed by atoms with E-state index in [4.69, 9.17) is 17.3 Å². The van der Waals surface area contributed by atoms with Crippen molar-refractivity contribution in [2.75, 3.05) is 19.6 Å². The third-order valence-corrected chi connectivity index (χ3v) is 9.85. The number of fused-ring (bicyclic) bond motifs is 2. The highest BCUT2D eigenvalue weighted by Gasteiger charge is 2.36. The van der Waals surface area contributed by atoms with Crippen molar-refractivity contribution in [1.29, 1.82) is 0 Å². The van der Waals surface area contributed by atoms with Crippen LogP contribution in [-0.2, 0) is 16.1 Å². The average molecular weight is 709 g/mol. The number of carboxylic acid groups (broad SMARTS) is 1. The van der Waals surface area contributed by atoms with Crippen LogP contribution in [0.1, 0.15) is 91.0 Å². The van der Waals surface area contributed by atoms with E-state index in [2.05, 4.69) is 10.2 Å². The lowest BCUT2D eigenvalue weighted by Gasteiger charge is -2.47. The van der Waals surface area contributed by atoms with Crippen molar-refractivity contribution in [3.05, 3.63) is 91.6 Å². The van der Waals surface area contributed by atoms with Gasteiger partial charge in [-0.3, -0.25) is 19.2 Å². The molecule has 1 saturated carbocycles. The van der Waals surface area contributed by atoms with E-state index in [9.17, 15) is 24.3 Å². The number of carboxylic acids is 1. The number of amides is 2. The first-order chi connectivity index (χ1) is 23.6. The zero-order chi connectivity index (χ0) is 36.7. The molecule has 2 amide bonds. The van der Waals surface area contributed by atoms with Gasteiger partial charge in [0.25, 0.3) is 11.5 Å². The van der Waals surface area contributed by atoms with Crippen molar-refractivity contribution < 1.29 is 23.9 Å². The number of benzene rings is 2. The Hall–Kier alpha value is -4.02. The first kappa shape index (κ1) is 38.8. The highest BCUT2D eigenvalue weighted by Crippen LogP contribution is 2.39. The van der Waals surface area contributed by atoms with Gasteiger partial charge in [-0.05, 0) is 135 Å². The van der Waals surface area contributed by atoms with Crippen molar-refractivity contribution in [1.82, 2.24) is 14.8 Å². The smallest absolute Gasteiger partial charge is 0.305 e. The monoisotopic (exact) mass is 708 g/mol. The quantitative estimate of drug-likeness (QED) is 0.178. The molecule has 3 aliphatic rings. The van der Waals surface area contributed by atoms with E-state index in [1.165, 1.54) is 32.0 Å². The summed E-state index contributed by atoms with van der Waals surface area (Å²) in [5, 5.41) is 12.7. The van der Waals surface area contributed by atoms with Crippen LogP contribution < -0.4 is 16.6 Å². The molecule has 0 radical (unpaired) electrons. The van der Waals surface area contributed by atoms with Crippen LogP contribution in [0.5, 0.6) is 0 Å². The molecule has 3 aromatic rings. The maximum atomic E-state index is 15.1. The van der Waals surface area contributed by atoms with Gasteiger partial charge < -0.3 is 25.6 Å². The Bertz CT molecular complexity index is 1730. The van der Waals surface area contributed by atoms with Crippen LogP contribution in [0.15, 0.2) is 47.4 Å². The highest BCUT2D eigenvalue weighted by molar-refractivity contribution is 6.30. The number of aliphatic carboxylic acids is 1. The van der Waals surface area contributed by atoms with Gasteiger partial charge in [-0.1, -0.05) is 25.4 Å². The Morgan fingerprint density at radius 3 is 2.24 bits per heavy atom. The number of nitrogens with one attached hydrogen (secondary N) is 1. The maximum absolute atomic E-state index is 15.1. The number of nitrogens with two attached hydrogens (primary N) is 1. The van der Waals surface area contributed by atoms with Crippen LogP contribution in [0.25, 0.3) is 11.1 Å². The molecule has 0 spiro atoms. The first-order valence-electron chi connectivity index (χ1n) is 17.4. The molecule has 3 heterocycles. The second-order valence-electron chi connectivity index (χ2n) is 14.4. The Balaban J connectivity index is 0.000000242. The summed E-state index contributed by atoms with van der Waals surface area (Å²) in [6, 6.07) is 9.29. The van der Waals surface area contributed by atoms with Gasteiger partial charge in [0.15, 0.2) is 0 Å². The Kier molecular flexibility index (Phi) is 13.4. The van der Waals surface area contributed by atoms with Gasteiger partial charge in [0.1, 0.15) is 11.4 Å². The van der Waals surface area contributed by atoms with Gasteiger partial charge in [0.05, 0.1) is 12.5 Å². The predicted octanol–water partition coefficient (Wildman–Crippen LogP) is 6.82. The SMILES string of the molecule is Cc1cc(-c2c(C)cc(Cl)cc2C)cc(C(CC(=O)O)NC(=O)CCC(C)C)c1F.NC(=O)c1cccn(CCCN2CC3CC(C3)C2)c1=O. The number of halogens is 2. The lowest BCUT2D eigenvalue weighted by Crippen LogP contribution is -2.48. The number of piperidine rings is 2. The fourth-order valence-electron chi connectivity index (χ4n) is 7.18. The number of hydrogen-bond donors (Lipinski definition) is 3. The van der Waals surface area contributed by atoms with Crippen molar-refractivity contribution >= 4 is 29.4 Å². The largest absolute Gasteiger partial charge is 0.481 e. The number of aryl methyl sites for hydroxylation is 4. The number of rotatable bonds is 13. The zero-order valence-corrected chi connectivity index (χ0v) is 30.5. The molecule has 9 nitrogen and oxygen atoms in total. The van der Waals surface area contributed by atoms with E-state index >= 15 is 4.39 Å². The molecular formula is C39H50ClFN4O5. The third kappa shape index (κ3) is 10.3. The number of nitrogens with zero attached hydrogens (tertiary/aromatic N) is 2. The normalized spacial score (nSPS) is 17.4. The minimum absolute atomic E-state index is 0.0757. The van der Waals surface area contributed by atoms with E-state index in [0.717, 1.165) is 47.1 Å². The second-order valence-corrected chi connectivity index (χ2v) is 14.8. The summed E-state index contributed by atoms with van der Waals surface area (Å²) < 4.78 is 16.7. The Morgan fingerprint density at radius 2 is 1.66 bits per heavy atom. The number of primary amides is 1. The van der Waals surface area contributed by atoms with E-state index in [0.29, 0.717) is 29.5 Å². The fourth-order valence-corrected chi connectivity index (χ4v) is 7.51. The van der Waals surface area contributed by atoms with Gasteiger partial charge in [0.2, 0.25) is 5.91 Å². The summed E-state index contributed by atoms with van der Waals surface area (Å²) in [6.07, 6.45) is 6.03. The molecule has 1 aliphatic carbocycles. The summed E-state index contributed by atoms with van der Waals surface area (Å²) in [7, 11) is 0. The van der Waals surface area contributed by atoms with Crippen molar-refractivity contribution in [3.63, 3.8) is 0 Å². The van der Waals surface area contributed by atoms with E-state index < -0.39 is 30.2 Å². The first-order valence-corrected chi connectivity index (χ1v) is 17.8. The maximum Gasteiger partial charge on any atom is 0.305 e. The van der Waals surface area contributed by atoms with Gasteiger partial charge in [-0.2, -0.15) is 0 Å². The molecule has 2 bridgehead atoms. The summed E-state index contributed by atoms with van der Waals surface area (Å²) in [5.41, 5.74) is 9.12. The number of aromatic nitrogens is 1. The number of carbonyl (C=O) groups is 3. The molecule has 3 fully saturated rings. The summed E-state index contributed by atoms with van der Waals surface area (Å²) in [5.74, 6) is -0.378. The minimum Gasteiger partial charge on any atom is -0.481 e. The molecule has 11 heteroatoms. The number of pyridine rings is 1. The molecule has 2 saturated heterocycles. The Morgan fingerprint density at radius 1 is 1.02 bits per heavy atom. The van der Waals surface area contributed by atoms with Crippen LogP contribution in [0.3, 0.4) is 0 Å². The molecule has 2 aromatic carbocycles. The summed E-state index contributed by atoms with van der Waals surface area (Å²) in [4.78, 5) is 49.4. The highest BCUT2D eigenvalue weighted by atomic mass is 35.5.